The van der Waals surface area contributed by atoms with E-state index in [1.165, 1.54) is 18.7 Å². The predicted octanol–water partition coefficient (Wildman–Crippen LogP) is 2.02. The molecule has 0 bridgehead atoms. The average Bonchev–Trinajstić information content (AvgIpc) is 2.37. The van der Waals surface area contributed by atoms with Gasteiger partial charge < -0.3 is 10.4 Å². The summed E-state index contributed by atoms with van der Waals surface area (Å²) in [6, 6.07) is 9.05. The normalized spacial score (nSPS) is 12.3. The van der Waals surface area contributed by atoms with Crippen LogP contribution >= 0.6 is 11.8 Å². The van der Waals surface area contributed by atoms with Gasteiger partial charge in [0.05, 0.1) is 0 Å². The highest BCUT2D eigenvalue weighted by Crippen LogP contribution is 2.07. The Morgan fingerprint density at radius 2 is 2.05 bits per heavy atom. The number of carboxylic acids is 1. The second kappa shape index (κ2) is 8.37. The highest BCUT2D eigenvalue weighted by Gasteiger charge is 2.17. The molecule has 4 nitrogen and oxygen atoms in total. The van der Waals surface area contributed by atoms with Crippen molar-refractivity contribution in [3.05, 3.63) is 42.0 Å². The number of nitrogens with one attached hydrogen (secondary N) is 1. The molecule has 0 heterocycles. The molecular formula is C14H17NO3S. The molecule has 0 radical (unpaired) electrons. The zero-order chi connectivity index (χ0) is 14.1. The average molecular weight is 279 g/mol. The fourth-order valence-electron chi connectivity index (χ4n) is 1.42. The predicted molar refractivity (Wildman–Crippen MR) is 78.0 cm³/mol. The van der Waals surface area contributed by atoms with Crippen LogP contribution in [0.5, 0.6) is 0 Å². The minimum absolute atomic E-state index is 0.326. The maximum Gasteiger partial charge on any atom is 0.327 e. The third kappa shape index (κ3) is 6.67. The van der Waals surface area contributed by atoms with Gasteiger partial charge in [0, 0.05) is 18.4 Å². The van der Waals surface area contributed by atoms with Gasteiger partial charge in [0.2, 0.25) is 5.91 Å². The SMILES string of the molecule is CC(=O)N[C@@H](CSCC=Cc1ccccc1)C(=O)O. The van der Waals surface area contributed by atoms with Crippen molar-refractivity contribution in [2.75, 3.05) is 11.5 Å². The summed E-state index contributed by atoms with van der Waals surface area (Å²) in [5, 5.41) is 11.3. The molecule has 1 aromatic carbocycles. The van der Waals surface area contributed by atoms with E-state index >= 15 is 0 Å². The molecule has 19 heavy (non-hydrogen) atoms. The lowest BCUT2D eigenvalue weighted by Crippen LogP contribution is -2.41. The first kappa shape index (κ1) is 15.3. The summed E-state index contributed by atoms with van der Waals surface area (Å²) in [5.41, 5.74) is 1.11. The van der Waals surface area contributed by atoms with Gasteiger partial charge in [0.15, 0.2) is 0 Å². The Labute approximate surface area is 116 Å². The maximum atomic E-state index is 10.9. The molecule has 0 aliphatic carbocycles. The summed E-state index contributed by atoms with van der Waals surface area (Å²) in [5.74, 6) is -0.269. The molecular weight excluding hydrogens is 262 g/mol. The number of carbonyl (C=O) groups is 2. The van der Waals surface area contributed by atoms with Crippen LogP contribution in [-0.2, 0) is 9.59 Å². The topological polar surface area (TPSA) is 66.4 Å². The minimum Gasteiger partial charge on any atom is -0.480 e. The van der Waals surface area contributed by atoms with Crippen LogP contribution in [0, 0.1) is 0 Å². The van der Waals surface area contributed by atoms with E-state index in [1.54, 1.807) is 0 Å². The Morgan fingerprint density at radius 3 is 2.63 bits per heavy atom. The molecule has 5 heteroatoms. The molecule has 1 aromatic rings. The zero-order valence-corrected chi connectivity index (χ0v) is 11.5. The third-order valence-corrected chi connectivity index (χ3v) is 3.28. The van der Waals surface area contributed by atoms with Gasteiger partial charge in [0.1, 0.15) is 6.04 Å². The molecule has 0 unspecified atom stereocenters. The van der Waals surface area contributed by atoms with E-state index in [2.05, 4.69) is 5.32 Å². The van der Waals surface area contributed by atoms with E-state index in [0.29, 0.717) is 11.5 Å². The molecule has 1 amide bonds. The summed E-state index contributed by atoms with van der Waals surface area (Å²) in [4.78, 5) is 21.7. The van der Waals surface area contributed by atoms with Crippen LogP contribution in [0.15, 0.2) is 36.4 Å². The summed E-state index contributed by atoms with van der Waals surface area (Å²) >= 11 is 1.47. The smallest absolute Gasteiger partial charge is 0.327 e. The molecule has 0 aliphatic rings. The molecule has 0 saturated heterocycles. The third-order valence-electron chi connectivity index (χ3n) is 2.28. The lowest BCUT2D eigenvalue weighted by molar-refractivity contribution is -0.140. The quantitative estimate of drug-likeness (QED) is 0.749. The number of hydrogen-bond donors (Lipinski definition) is 2. The first-order valence-corrected chi connectivity index (χ1v) is 7.04. The number of hydrogen-bond acceptors (Lipinski definition) is 3. The summed E-state index contributed by atoms with van der Waals surface area (Å²) in [7, 11) is 0. The number of carboxylic acid groups (broad SMARTS) is 1. The summed E-state index contributed by atoms with van der Waals surface area (Å²) in [6.45, 7) is 1.32. The van der Waals surface area contributed by atoms with Crippen molar-refractivity contribution in [2.24, 2.45) is 0 Å². The first-order chi connectivity index (χ1) is 9.09. The molecule has 1 atom stereocenters. The van der Waals surface area contributed by atoms with E-state index in [-0.39, 0.29) is 5.91 Å². The van der Waals surface area contributed by atoms with E-state index in [1.807, 2.05) is 42.5 Å². The Morgan fingerprint density at radius 1 is 1.37 bits per heavy atom. The molecule has 0 spiro atoms. The van der Waals surface area contributed by atoms with Gasteiger partial charge in [-0.05, 0) is 5.56 Å². The standard InChI is InChI=1S/C14H17NO3S/c1-11(16)15-13(14(17)18)10-19-9-5-8-12-6-3-2-4-7-12/h2-8,13H,9-10H2,1H3,(H,15,16)(H,17,18)/t13-/m0/s1. The van der Waals surface area contributed by atoms with Gasteiger partial charge in [-0.25, -0.2) is 4.79 Å². The van der Waals surface area contributed by atoms with Gasteiger partial charge in [-0.15, -0.1) is 0 Å². The fraction of sp³-hybridized carbons (Fsp3) is 0.286. The Bertz CT molecular complexity index is 445. The van der Waals surface area contributed by atoms with Crippen LogP contribution in [0.3, 0.4) is 0 Å². The second-order valence-electron chi connectivity index (χ2n) is 3.94. The number of thioether (sulfide) groups is 1. The van der Waals surface area contributed by atoms with Gasteiger partial charge in [-0.2, -0.15) is 11.8 Å². The summed E-state index contributed by atoms with van der Waals surface area (Å²) in [6.07, 6.45) is 3.97. The maximum absolute atomic E-state index is 10.9. The highest BCUT2D eigenvalue weighted by atomic mass is 32.2. The Balaban J connectivity index is 2.31. The van der Waals surface area contributed by atoms with Crippen LogP contribution in [0.25, 0.3) is 6.08 Å². The van der Waals surface area contributed by atoms with Gasteiger partial charge in [0.25, 0.3) is 0 Å². The van der Waals surface area contributed by atoms with Crippen molar-refractivity contribution in [2.45, 2.75) is 13.0 Å². The molecule has 102 valence electrons. The molecule has 0 aromatic heterocycles. The minimum atomic E-state index is -1.00. The van der Waals surface area contributed by atoms with Crippen molar-refractivity contribution in [3.63, 3.8) is 0 Å². The number of benzene rings is 1. The van der Waals surface area contributed by atoms with Crippen LogP contribution in [0.2, 0.25) is 0 Å². The van der Waals surface area contributed by atoms with Crippen LogP contribution in [-0.4, -0.2) is 34.5 Å². The molecule has 1 rings (SSSR count). The van der Waals surface area contributed by atoms with E-state index in [9.17, 15) is 9.59 Å². The molecule has 2 N–H and O–H groups in total. The van der Waals surface area contributed by atoms with Crippen molar-refractivity contribution in [3.8, 4) is 0 Å². The number of carbonyl (C=O) groups excluding carboxylic acids is 1. The van der Waals surface area contributed by atoms with Crippen molar-refractivity contribution in [1.29, 1.82) is 0 Å². The monoisotopic (exact) mass is 279 g/mol. The van der Waals surface area contributed by atoms with Crippen LogP contribution < -0.4 is 5.32 Å². The second-order valence-corrected chi connectivity index (χ2v) is 5.02. The molecule has 0 saturated carbocycles. The first-order valence-electron chi connectivity index (χ1n) is 5.89. The van der Waals surface area contributed by atoms with Crippen molar-refractivity contribution >= 4 is 29.7 Å². The Kier molecular flexibility index (Phi) is 6.74. The highest BCUT2D eigenvalue weighted by molar-refractivity contribution is 7.99. The van der Waals surface area contributed by atoms with Crippen LogP contribution in [0.4, 0.5) is 0 Å². The molecule has 0 fully saturated rings. The lowest BCUT2D eigenvalue weighted by atomic mass is 10.2. The van der Waals surface area contributed by atoms with Gasteiger partial charge in [-0.1, -0.05) is 42.5 Å². The molecule has 0 aliphatic heterocycles. The summed E-state index contributed by atoms with van der Waals surface area (Å²) < 4.78 is 0. The van der Waals surface area contributed by atoms with Crippen molar-refractivity contribution < 1.29 is 14.7 Å². The van der Waals surface area contributed by atoms with Gasteiger partial charge in [-0.3, -0.25) is 4.79 Å². The van der Waals surface area contributed by atoms with Crippen molar-refractivity contribution in [1.82, 2.24) is 5.32 Å². The zero-order valence-electron chi connectivity index (χ0n) is 10.7. The van der Waals surface area contributed by atoms with Crippen LogP contribution in [0.1, 0.15) is 12.5 Å². The van der Waals surface area contributed by atoms with E-state index < -0.39 is 12.0 Å². The fourth-order valence-corrected chi connectivity index (χ4v) is 2.25. The number of aliphatic carboxylic acids is 1. The van der Waals surface area contributed by atoms with E-state index in [0.717, 1.165) is 5.56 Å². The van der Waals surface area contributed by atoms with Gasteiger partial charge >= 0.3 is 5.97 Å². The number of amides is 1. The largest absolute Gasteiger partial charge is 0.480 e. The lowest BCUT2D eigenvalue weighted by Gasteiger charge is -2.11. The number of rotatable bonds is 7. The van der Waals surface area contributed by atoms with E-state index in [4.69, 9.17) is 5.11 Å². The Hall–Kier alpha value is -1.75.